The van der Waals surface area contributed by atoms with E-state index < -0.39 is 6.61 Å². The van der Waals surface area contributed by atoms with Crippen molar-refractivity contribution >= 4 is 29.3 Å². The average Bonchev–Trinajstić information content (AvgIpc) is 2.85. The number of halogens is 2. The molecule has 1 aromatic rings. The van der Waals surface area contributed by atoms with E-state index in [0.717, 1.165) is 0 Å². The number of nitrogens with zero attached hydrogens (tertiary/aromatic N) is 1. The van der Waals surface area contributed by atoms with Gasteiger partial charge in [-0.3, -0.25) is 9.69 Å². The van der Waals surface area contributed by atoms with Gasteiger partial charge in [0.15, 0.2) is 16.6 Å². The highest BCUT2D eigenvalue weighted by atomic mass is 32.1. The fourth-order valence-electron chi connectivity index (χ4n) is 2.38. The van der Waals surface area contributed by atoms with Crippen LogP contribution in [0.1, 0.15) is 18.9 Å². The minimum Gasteiger partial charge on any atom is -0.493 e. The summed E-state index contributed by atoms with van der Waals surface area (Å²) in [5, 5.41) is 3.14. The maximum atomic E-state index is 12.5. The molecular formula is C17H20F2N2O4S. The Balaban J connectivity index is 2.14. The van der Waals surface area contributed by atoms with Crippen molar-refractivity contribution in [3.8, 4) is 11.5 Å². The van der Waals surface area contributed by atoms with E-state index in [1.54, 1.807) is 6.07 Å². The van der Waals surface area contributed by atoms with Crippen molar-refractivity contribution in [2.24, 2.45) is 0 Å². The summed E-state index contributed by atoms with van der Waals surface area (Å²) in [5.41, 5.74) is 0.760. The summed E-state index contributed by atoms with van der Waals surface area (Å²) in [6.07, 6.45) is 2.18. The lowest BCUT2D eigenvalue weighted by molar-refractivity contribution is -0.122. The highest BCUT2D eigenvalue weighted by Crippen LogP contribution is 2.30. The number of hydrogen-bond acceptors (Lipinski definition) is 5. The van der Waals surface area contributed by atoms with Crippen LogP contribution < -0.4 is 14.8 Å². The van der Waals surface area contributed by atoms with Gasteiger partial charge in [-0.1, -0.05) is 6.07 Å². The van der Waals surface area contributed by atoms with Gasteiger partial charge in [-0.05, 0) is 49.3 Å². The Kier molecular flexibility index (Phi) is 7.28. The Bertz CT molecular complexity index is 697. The zero-order chi connectivity index (χ0) is 19.1. The summed E-state index contributed by atoms with van der Waals surface area (Å²) in [6, 6.07) is 4.48. The first kappa shape index (κ1) is 20.1. The minimum atomic E-state index is -2.98. The molecule has 0 radical (unpaired) electrons. The Morgan fingerprint density at radius 2 is 2.12 bits per heavy atom. The van der Waals surface area contributed by atoms with E-state index in [1.807, 2.05) is 6.92 Å². The molecule has 1 fully saturated rings. The topological polar surface area (TPSA) is 60.0 Å². The van der Waals surface area contributed by atoms with Crippen LogP contribution in [0.4, 0.5) is 8.78 Å². The summed E-state index contributed by atoms with van der Waals surface area (Å²) in [7, 11) is 1.35. The molecule has 0 saturated carbocycles. The van der Waals surface area contributed by atoms with Crippen molar-refractivity contribution in [2.45, 2.75) is 20.0 Å². The largest absolute Gasteiger partial charge is 0.493 e. The molecule has 0 spiro atoms. The number of carbonyl (C=O) groups is 1. The SMILES string of the molecule is CCOCCCN1C(=O)/C(=C\c2ccc(OC)c(OC(F)F)c2)NC1=S. The zero-order valence-corrected chi connectivity index (χ0v) is 15.3. The number of hydrogen-bond donors (Lipinski definition) is 1. The molecule has 1 amide bonds. The Morgan fingerprint density at radius 3 is 2.77 bits per heavy atom. The normalized spacial score (nSPS) is 15.7. The second-order valence-electron chi connectivity index (χ2n) is 5.28. The fourth-order valence-corrected chi connectivity index (χ4v) is 2.67. The van der Waals surface area contributed by atoms with Gasteiger partial charge in [0.2, 0.25) is 0 Å². The predicted octanol–water partition coefficient (Wildman–Crippen LogP) is 2.78. The number of rotatable bonds is 9. The van der Waals surface area contributed by atoms with E-state index in [1.165, 1.54) is 30.2 Å². The average molecular weight is 386 g/mol. The maximum absolute atomic E-state index is 12.5. The van der Waals surface area contributed by atoms with Gasteiger partial charge in [0.25, 0.3) is 5.91 Å². The number of amides is 1. The van der Waals surface area contributed by atoms with Crippen LogP contribution in [0, 0.1) is 0 Å². The van der Waals surface area contributed by atoms with Crippen LogP contribution in [0.25, 0.3) is 6.08 Å². The van der Waals surface area contributed by atoms with Crippen LogP contribution >= 0.6 is 12.2 Å². The summed E-state index contributed by atoms with van der Waals surface area (Å²) >= 11 is 5.18. The van der Waals surface area contributed by atoms with Gasteiger partial charge >= 0.3 is 6.61 Å². The van der Waals surface area contributed by atoms with E-state index in [-0.39, 0.29) is 23.1 Å². The molecule has 1 aliphatic rings. The van der Waals surface area contributed by atoms with Crippen molar-refractivity contribution < 1.29 is 27.8 Å². The third-order valence-corrected chi connectivity index (χ3v) is 3.87. The molecule has 1 N–H and O–H groups in total. The van der Waals surface area contributed by atoms with Crippen LogP contribution in [-0.2, 0) is 9.53 Å². The maximum Gasteiger partial charge on any atom is 0.387 e. The van der Waals surface area contributed by atoms with Gasteiger partial charge in [-0.2, -0.15) is 8.78 Å². The lowest BCUT2D eigenvalue weighted by Crippen LogP contribution is -2.32. The molecule has 9 heteroatoms. The van der Waals surface area contributed by atoms with E-state index in [2.05, 4.69) is 10.1 Å². The fraction of sp³-hybridized carbons (Fsp3) is 0.412. The Morgan fingerprint density at radius 1 is 1.35 bits per heavy atom. The number of methoxy groups -OCH3 is 1. The molecule has 1 heterocycles. The first-order chi connectivity index (χ1) is 12.5. The predicted molar refractivity (Wildman–Crippen MR) is 96.2 cm³/mol. The van der Waals surface area contributed by atoms with Crippen molar-refractivity contribution in [2.75, 3.05) is 26.9 Å². The van der Waals surface area contributed by atoms with Crippen LogP contribution in [0.3, 0.4) is 0 Å². The minimum absolute atomic E-state index is 0.113. The number of benzene rings is 1. The summed E-state index contributed by atoms with van der Waals surface area (Å²) in [6.45, 7) is 0.502. The lowest BCUT2D eigenvalue weighted by atomic mass is 10.1. The van der Waals surface area contributed by atoms with Crippen LogP contribution in [0.5, 0.6) is 11.5 Å². The summed E-state index contributed by atoms with van der Waals surface area (Å²) in [4.78, 5) is 13.9. The van der Waals surface area contributed by atoms with Gasteiger partial charge in [-0.15, -0.1) is 0 Å². The molecule has 142 valence electrons. The zero-order valence-electron chi connectivity index (χ0n) is 14.5. The van der Waals surface area contributed by atoms with Gasteiger partial charge in [0.1, 0.15) is 5.70 Å². The molecule has 2 rings (SSSR count). The summed E-state index contributed by atoms with van der Waals surface area (Å²) in [5.74, 6) is -0.219. The van der Waals surface area contributed by atoms with Crippen molar-refractivity contribution in [3.63, 3.8) is 0 Å². The molecule has 0 aliphatic carbocycles. The monoisotopic (exact) mass is 386 g/mol. The van der Waals surface area contributed by atoms with Crippen LogP contribution in [0.2, 0.25) is 0 Å². The van der Waals surface area contributed by atoms with E-state index in [4.69, 9.17) is 21.7 Å². The highest BCUT2D eigenvalue weighted by molar-refractivity contribution is 7.80. The number of ether oxygens (including phenoxy) is 3. The van der Waals surface area contributed by atoms with Crippen LogP contribution in [-0.4, -0.2) is 49.4 Å². The molecule has 1 aromatic carbocycles. The molecule has 0 unspecified atom stereocenters. The standard InChI is InChI=1S/C17H20F2N2O4S/c1-3-24-8-4-7-21-15(22)12(20-17(21)26)9-11-5-6-13(23-2)14(10-11)25-16(18)19/h5-6,9-10,16H,3-4,7-8H2,1-2H3,(H,20,26)/b12-9+. The summed E-state index contributed by atoms with van der Waals surface area (Å²) < 4.78 is 39.7. The first-order valence-electron chi connectivity index (χ1n) is 8.01. The Labute approximate surface area is 155 Å². The smallest absolute Gasteiger partial charge is 0.387 e. The van der Waals surface area contributed by atoms with E-state index in [0.29, 0.717) is 36.9 Å². The molecular weight excluding hydrogens is 366 g/mol. The molecule has 26 heavy (non-hydrogen) atoms. The van der Waals surface area contributed by atoms with Crippen molar-refractivity contribution in [3.05, 3.63) is 29.5 Å². The highest BCUT2D eigenvalue weighted by Gasteiger charge is 2.30. The second kappa shape index (κ2) is 9.44. The third kappa shape index (κ3) is 5.12. The van der Waals surface area contributed by atoms with E-state index in [9.17, 15) is 13.6 Å². The van der Waals surface area contributed by atoms with E-state index >= 15 is 0 Å². The number of carbonyl (C=O) groups excluding carboxylic acids is 1. The Hall–Kier alpha value is -2.26. The molecule has 1 aliphatic heterocycles. The lowest BCUT2D eigenvalue weighted by Gasteiger charge is -2.13. The second-order valence-corrected chi connectivity index (χ2v) is 5.67. The molecule has 6 nitrogen and oxygen atoms in total. The molecule has 0 bridgehead atoms. The number of alkyl halides is 2. The third-order valence-electron chi connectivity index (χ3n) is 3.55. The van der Waals surface area contributed by atoms with Gasteiger partial charge < -0.3 is 19.5 Å². The van der Waals surface area contributed by atoms with Gasteiger partial charge in [0, 0.05) is 19.8 Å². The number of nitrogens with one attached hydrogen (secondary N) is 1. The molecule has 0 aromatic heterocycles. The number of thiocarbonyl (C=S) groups is 1. The van der Waals surface area contributed by atoms with Gasteiger partial charge in [-0.25, -0.2) is 0 Å². The molecule has 1 saturated heterocycles. The molecule has 0 atom stereocenters. The van der Waals surface area contributed by atoms with Crippen molar-refractivity contribution in [1.29, 1.82) is 0 Å². The van der Waals surface area contributed by atoms with Gasteiger partial charge in [0.05, 0.1) is 7.11 Å². The quantitative estimate of drug-likeness (QED) is 0.400. The van der Waals surface area contributed by atoms with Crippen LogP contribution in [0.15, 0.2) is 23.9 Å². The van der Waals surface area contributed by atoms with Crippen molar-refractivity contribution in [1.82, 2.24) is 10.2 Å². The first-order valence-corrected chi connectivity index (χ1v) is 8.42.